The lowest BCUT2D eigenvalue weighted by Gasteiger charge is -2.11. The van der Waals surface area contributed by atoms with Gasteiger partial charge in [-0.3, -0.25) is 14.5 Å². The third kappa shape index (κ3) is 4.76. The van der Waals surface area contributed by atoms with Gasteiger partial charge in [0, 0.05) is 31.7 Å². The summed E-state index contributed by atoms with van der Waals surface area (Å²) in [7, 11) is 0. The van der Waals surface area contributed by atoms with E-state index in [1.165, 1.54) is 5.56 Å². The van der Waals surface area contributed by atoms with Crippen LogP contribution in [-0.4, -0.2) is 39.9 Å². The Labute approximate surface area is 152 Å². The molecular weight excluding hydrogens is 336 g/mol. The van der Waals surface area contributed by atoms with E-state index in [0.29, 0.717) is 30.4 Å². The Morgan fingerprint density at radius 2 is 2.24 bits per heavy atom. The number of hydrogen-bond donors (Lipinski definition) is 2. The summed E-state index contributed by atoms with van der Waals surface area (Å²) >= 11 is 5.31. The molecule has 1 fully saturated rings. The predicted octanol–water partition coefficient (Wildman–Crippen LogP) is 2.99. The molecule has 0 bridgehead atoms. The maximum atomic E-state index is 12.1. The van der Waals surface area contributed by atoms with Crippen molar-refractivity contribution < 1.29 is 9.53 Å². The third-order valence-electron chi connectivity index (χ3n) is 4.44. The summed E-state index contributed by atoms with van der Waals surface area (Å²) in [6.07, 6.45) is 3.78. The minimum absolute atomic E-state index is 0.0240. The first-order valence-electron chi connectivity index (χ1n) is 8.74. The second-order valence-corrected chi connectivity index (χ2v) is 6.78. The maximum Gasteiger partial charge on any atom is 0.221 e. The normalized spacial score (nSPS) is 16.9. The summed E-state index contributed by atoms with van der Waals surface area (Å²) in [4.78, 5) is 12.1. The second-order valence-electron chi connectivity index (χ2n) is 6.39. The molecule has 1 aliphatic rings. The van der Waals surface area contributed by atoms with Crippen molar-refractivity contribution in [1.29, 1.82) is 0 Å². The van der Waals surface area contributed by atoms with E-state index in [2.05, 4.69) is 15.5 Å². The Kier molecular flexibility index (Phi) is 5.99. The summed E-state index contributed by atoms with van der Waals surface area (Å²) in [5, 5.41) is 10.1. The number of nitrogens with zero attached hydrogens (tertiary/aromatic N) is 2. The number of aromatic nitrogens is 3. The summed E-state index contributed by atoms with van der Waals surface area (Å²) in [6.45, 7) is 4.05. The van der Waals surface area contributed by atoms with Crippen molar-refractivity contribution in [1.82, 2.24) is 20.1 Å². The number of aromatic amines is 1. The fraction of sp³-hybridized carbons (Fsp3) is 0.500. The van der Waals surface area contributed by atoms with Gasteiger partial charge in [-0.05, 0) is 38.4 Å². The van der Waals surface area contributed by atoms with Crippen LogP contribution in [0.25, 0.3) is 11.4 Å². The van der Waals surface area contributed by atoms with Crippen LogP contribution in [0.2, 0.25) is 0 Å². The molecule has 1 aliphatic heterocycles. The number of amides is 1. The monoisotopic (exact) mass is 360 g/mol. The number of ether oxygens (including phenoxy) is 1. The number of carbonyl (C=O) groups is 1. The van der Waals surface area contributed by atoms with E-state index in [1.54, 1.807) is 0 Å². The maximum absolute atomic E-state index is 12.1. The number of nitrogens with one attached hydrogen (secondary N) is 2. The zero-order valence-corrected chi connectivity index (χ0v) is 15.3. The Bertz CT molecular complexity index is 760. The van der Waals surface area contributed by atoms with E-state index in [-0.39, 0.29) is 5.91 Å². The van der Waals surface area contributed by atoms with E-state index in [4.69, 9.17) is 17.0 Å². The molecule has 2 aromatic rings. The van der Waals surface area contributed by atoms with Gasteiger partial charge >= 0.3 is 0 Å². The largest absolute Gasteiger partial charge is 0.378 e. The van der Waals surface area contributed by atoms with Gasteiger partial charge in [-0.25, -0.2) is 0 Å². The van der Waals surface area contributed by atoms with Gasteiger partial charge in [0.2, 0.25) is 5.91 Å². The quantitative estimate of drug-likeness (QED) is 0.745. The van der Waals surface area contributed by atoms with Gasteiger partial charge in [0.05, 0.1) is 6.10 Å². The van der Waals surface area contributed by atoms with Crippen LogP contribution in [0.1, 0.15) is 31.2 Å². The van der Waals surface area contributed by atoms with E-state index in [1.807, 2.05) is 35.8 Å². The highest BCUT2D eigenvalue weighted by Crippen LogP contribution is 2.18. The van der Waals surface area contributed by atoms with Gasteiger partial charge in [-0.15, -0.1) is 0 Å². The van der Waals surface area contributed by atoms with Crippen LogP contribution in [0.3, 0.4) is 0 Å². The zero-order chi connectivity index (χ0) is 17.6. The van der Waals surface area contributed by atoms with Crippen LogP contribution in [0.5, 0.6) is 0 Å². The summed E-state index contributed by atoms with van der Waals surface area (Å²) < 4.78 is 7.97. The molecule has 1 aromatic heterocycles. The van der Waals surface area contributed by atoms with Gasteiger partial charge in [0.25, 0.3) is 0 Å². The van der Waals surface area contributed by atoms with Crippen molar-refractivity contribution in [2.24, 2.45) is 0 Å². The van der Waals surface area contributed by atoms with E-state index >= 15 is 0 Å². The number of H-pyrrole nitrogens is 1. The predicted molar refractivity (Wildman–Crippen MR) is 98.8 cm³/mol. The second kappa shape index (κ2) is 8.40. The van der Waals surface area contributed by atoms with E-state index in [0.717, 1.165) is 37.3 Å². The SMILES string of the molecule is Cc1ccc(-c2n[nH]c(=S)n2CCC(=O)NCCC2CCCO2)cc1. The number of aryl methyl sites for hydroxylation is 1. The van der Waals surface area contributed by atoms with Gasteiger partial charge in [-0.1, -0.05) is 29.8 Å². The molecule has 6 nitrogen and oxygen atoms in total. The molecule has 25 heavy (non-hydrogen) atoms. The fourth-order valence-electron chi connectivity index (χ4n) is 2.99. The standard InChI is InChI=1S/C18H24N4O2S/c1-13-4-6-14(7-5-13)17-20-21-18(25)22(17)11-9-16(23)19-10-8-15-3-2-12-24-15/h4-7,15H,2-3,8-12H2,1H3,(H,19,23)(H,21,25). The lowest BCUT2D eigenvalue weighted by atomic mass is 10.1. The van der Waals surface area contributed by atoms with Crippen LogP contribution in [0, 0.1) is 11.7 Å². The van der Waals surface area contributed by atoms with Gasteiger partial charge in [-0.2, -0.15) is 5.10 Å². The minimum atomic E-state index is 0.0240. The van der Waals surface area contributed by atoms with Crippen molar-refractivity contribution >= 4 is 18.1 Å². The first-order valence-corrected chi connectivity index (χ1v) is 9.15. The highest BCUT2D eigenvalue weighted by atomic mass is 32.1. The van der Waals surface area contributed by atoms with Crippen LogP contribution < -0.4 is 5.32 Å². The van der Waals surface area contributed by atoms with E-state index in [9.17, 15) is 4.79 Å². The van der Waals surface area contributed by atoms with Crippen molar-refractivity contribution in [3.05, 3.63) is 34.6 Å². The molecule has 3 rings (SSSR count). The molecule has 0 radical (unpaired) electrons. The Morgan fingerprint density at radius 1 is 1.44 bits per heavy atom. The van der Waals surface area contributed by atoms with Crippen molar-refractivity contribution in [2.75, 3.05) is 13.2 Å². The molecule has 1 unspecified atom stereocenters. The molecule has 0 spiro atoms. The highest BCUT2D eigenvalue weighted by molar-refractivity contribution is 7.71. The van der Waals surface area contributed by atoms with Gasteiger partial charge in [0.15, 0.2) is 10.6 Å². The molecule has 0 aliphatic carbocycles. The zero-order valence-electron chi connectivity index (χ0n) is 14.5. The first kappa shape index (κ1) is 17.8. The van der Waals surface area contributed by atoms with Crippen molar-refractivity contribution in [2.45, 2.75) is 45.3 Å². The summed E-state index contributed by atoms with van der Waals surface area (Å²) in [5.74, 6) is 0.785. The van der Waals surface area contributed by atoms with Gasteiger partial charge < -0.3 is 10.1 Å². The molecule has 0 saturated carbocycles. The molecule has 7 heteroatoms. The number of hydrogen-bond acceptors (Lipinski definition) is 4. The molecule has 1 amide bonds. The first-order chi connectivity index (χ1) is 12.1. The molecule has 134 valence electrons. The van der Waals surface area contributed by atoms with Crippen LogP contribution in [-0.2, 0) is 16.1 Å². The van der Waals surface area contributed by atoms with Crippen molar-refractivity contribution in [3.8, 4) is 11.4 Å². The Morgan fingerprint density at radius 3 is 2.96 bits per heavy atom. The molecule has 1 atom stereocenters. The fourth-order valence-corrected chi connectivity index (χ4v) is 3.22. The average molecular weight is 360 g/mol. The van der Waals surface area contributed by atoms with Crippen LogP contribution in [0.15, 0.2) is 24.3 Å². The topological polar surface area (TPSA) is 71.9 Å². The molecule has 2 N–H and O–H groups in total. The minimum Gasteiger partial charge on any atom is -0.378 e. The smallest absolute Gasteiger partial charge is 0.221 e. The third-order valence-corrected chi connectivity index (χ3v) is 4.75. The van der Waals surface area contributed by atoms with Gasteiger partial charge in [0.1, 0.15) is 0 Å². The lowest BCUT2D eigenvalue weighted by molar-refractivity contribution is -0.121. The van der Waals surface area contributed by atoms with Crippen LogP contribution >= 0.6 is 12.2 Å². The molecule has 1 aromatic carbocycles. The lowest BCUT2D eigenvalue weighted by Crippen LogP contribution is -2.27. The molecule has 1 saturated heterocycles. The summed E-state index contributed by atoms with van der Waals surface area (Å²) in [6, 6.07) is 8.10. The number of rotatable bonds is 7. The van der Waals surface area contributed by atoms with E-state index < -0.39 is 0 Å². The highest BCUT2D eigenvalue weighted by Gasteiger charge is 2.15. The average Bonchev–Trinajstić information content (AvgIpc) is 3.24. The summed E-state index contributed by atoms with van der Waals surface area (Å²) in [5.41, 5.74) is 2.17. The van der Waals surface area contributed by atoms with Crippen LogP contribution in [0.4, 0.5) is 0 Å². The molecule has 2 heterocycles. The molecular formula is C18H24N4O2S. The van der Waals surface area contributed by atoms with Crippen molar-refractivity contribution in [3.63, 3.8) is 0 Å². The Balaban J connectivity index is 1.54. The Hall–Kier alpha value is -1.99. The number of carbonyl (C=O) groups excluding carboxylic acids is 1. The number of benzene rings is 1.